The fourth-order valence-corrected chi connectivity index (χ4v) is 2.03. The van der Waals surface area contributed by atoms with Gasteiger partial charge in [0.15, 0.2) is 6.61 Å². The van der Waals surface area contributed by atoms with Crippen molar-refractivity contribution in [2.24, 2.45) is 0 Å². The number of carbonyl (C=O) groups excluding carboxylic acids is 3. The first-order chi connectivity index (χ1) is 12.4. The summed E-state index contributed by atoms with van der Waals surface area (Å²) in [7, 11) is 0. The van der Waals surface area contributed by atoms with E-state index in [1.165, 1.54) is 0 Å². The molecule has 0 saturated heterocycles. The molecule has 0 heterocycles. The minimum absolute atomic E-state index is 0.0975. The zero-order valence-corrected chi connectivity index (χ0v) is 13.6. The molecule has 2 amide bonds. The molecule has 0 saturated carbocycles. The molecule has 26 heavy (non-hydrogen) atoms. The van der Waals surface area contributed by atoms with Crippen LogP contribution in [0.3, 0.4) is 0 Å². The number of esters is 1. The predicted octanol–water partition coefficient (Wildman–Crippen LogP) is 1.81. The molecule has 6 nitrogen and oxygen atoms in total. The number of rotatable bonds is 7. The first kappa shape index (κ1) is 19.0. The molecule has 2 aromatic rings. The molecule has 0 unspecified atom stereocenters. The lowest BCUT2D eigenvalue weighted by Gasteiger charge is -2.08. The third-order valence-electron chi connectivity index (χ3n) is 3.15. The van der Waals surface area contributed by atoms with Gasteiger partial charge in [-0.1, -0.05) is 30.3 Å². The van der Waals surface area contributed by atoms with Gasteiger partial charge in [0.2, 0.25) is 5.91 Å². The van der Waals surface area contributed by atoms with Gasteiger partial charge in [0.25, 0.3) is 5.91 Å². The Morgan fingerprint density at radius 2 is 1.58 bits per heavy atom. The molecule has 2 rings (SSSR count). The van der Waals surface area contributed by atoms with Crippen LogP contribution in [0.5, 0.6) is 0 Å². The van der Waals surface area contributed by atoms with Crippen LogP contribution >= 0.6 is 0 Å². The van der Waals surface area contributed by atoms with E-state index in [2.05, 4.69) is 15.4 Å². The normalized spacial score (nSPS) is 10.1. The lowest BCUT2D eigenvalue weighted by atomic mass is 10.1. The summed E-state index contributed by atoms with van der Waals surface area (Å²) < 4.78 is 30.7. The first-order valence-corrected chi connectivity index (χ1v) is 7.64. The van der Waals surface area contributed by atoms with Crippen molar-refractivity contribution in [2.75, 3.05) is 18.5 Å². The lowest BCUT2D eigenvalue weighted by Crippen LogP contribution is -2.33. The third-order valence-corrected chi connectivity index (χ3v) is 3.15. The molecule has 0 aromatic heterocycles. The number of nitrogens with one attached hydrogen (secondary N) is 2. The Balaban J connectivity index is 1.69. The summed E-state index contributed by atoms with van der Waals surface area (Å²) in [6, 6.07) is 11.5. The summed E-state index contributed by atoms with van der Waals surface area (Å²) in [5, 5.41) is 4.57. The van der Waals surface area contributed by atoms with Gasteiger partial charge < -0.3 is 15.4 Å². The average Bonchev–Trinajstić information content (AvgIpc) is 2.58. The molecule has 136 valence electrons. The summed E-state index contributed by atoms with van der Waals surface area (Å²) in [6.07, 6.45) is 0.111. The van der Waals surface area contributed by atoms with Crippen molar-refractivity contribution >= 4 is 23.5 Å². The van der Waals surface area contributed by atoms with E-state index in [0.29, 0.717) is 6.07 Å². The largest absolute Gasteiger partial charge is 0.454 e. The Hall–Kier alpha value is -3.29. The van der Waals surface area contributed by atoms with E-state index in [1.54, 1.807) is 24.3 Å². The molecular weight excluding hydrogens is 346 g/mol. The van der Waals surface area contributed by atoms with Crippen molar-refractivity contribution in [3.63, 3.8) is 0 Å². The van der Waals surface area contributed by atoms with E-state index in [9.17, 15) is 23.2 Å². The van der Waals surface area contributed by atoms with Crippen LogP contribution in [-0.2, 0) is 25.5 Å². The maximum Gasteiger partial charge on any atom is 0.325 e. The molecule has 2 N–H and O–H groups in total. The van der Waals surface area contributed by atoms with Gasteiger partial charge >= 0.3 is 5.97 Å². The molecule has 0 spiro atoms. The molecule has 0 fully saturated rings. The van der Waals surface area contributed by atoms with Crippen LogP contribution in [-0.4, -0.2) is 30.9 Å². The number of carbonyl (C=O) groups is 3. The van der Waals surface area contributed by atoms with Gasteiger partial charge in [-0.2, -0.15) is 0 Å². The second-order valence-electron chi connectivity index (χ2n) is 5.31. The highest BCUT2D eigenvalue weighted by Crippen LogP contribution is 2.12. The molecular formula is C18H16F2N2O4. The third kappa shape index (κ3) is 6.68. The van der Waals surface area contributed by atoms with Crippen molar-refractivity contribution in [1.29, 1.82) is 0 Å². The van der Waals surface area contributed by atoms with Crippen LogP contribution in [0.15, 0.2) is 48.5 Å². The van der Waals surface area contributed by atoms with Crippen molar-refractivity contribution in [3.05, 3.63) is 65.7 Å². The quantitative estimate of drug-likeness (QED) is 0.736. The number of hydrogen-bond acceptors (Lipinski definition) is 4. The smallest absolute Gasteiger partial charge is 0.325 e. The van der Waals surface area contributed by atoms with E-state index in [1.807, 2.05) is 6.07 Å². The van der Waals surface area contributed by atoms with Crippen molar-refractivity contribution in [3.8, 4) is 0 Å². The summed E-state index contributed by atoms with van der Waals surface area (Å²) in [6.45, 7) is -1.04. The Morgan fingerprint density at radius 3 is 2.23 bits per heavy atom. The van der Waals surface area contributed by atoms with E-state index in [4.69, 9.17) is 0 Å². The summed E-state index contributed by atoms with van der Waals surface area (Å²) >= 11 is 0. The molecule has 8 heteroatoms. The van der Waals surface area contributed by atoms with Crippen LogP contribution < -0.4 is 10.6 Å². The molecule has 2 aromatic carbocycles. The van der Waals surface area contributed by atoms with Crippen molar-refractivity contribution < 1.29 is 27.9 Å². The zero-order chi connectivity index (χ0) is 18.9. The highest BCUT2D eigenvalue weighted by atomic mass is 19.1. The fraction of sp³-hybridized carbons (Fsp3) is 0.167. The van der Waals surface area contributed by atoms with E-state index in [-0.39, 0.29) is 18.0 Å². The molecule has 0 aliphatic carbocycles. The second-order valence-corrected chi connectivity index (χ2v) is 5.31. The Bertz CT molecular complexity index is 777. The number of anilines is 1. The lowest BCUT2D eigenvalue weighted by molar-refractivity contribution is -0.147. The zero-order valence-electron chi connectivity index (χ0n) is 13.6. The van der Waals surface area contributed by atoms with Gasteiger partial charge in [0.05, 0.1) is 6.42 Å². The fourth-order valence-electron chi connectivity index (χ4n) is 2.03. The van der Waals surface area contributed by atoms with Gasteiger partial charge in [0, 0.05) is 11.8 Å². The van der Waals surface area contributed by atoms with E-state index < -0.39 is 36.7 Å². The Labute approximate surface area is 148 Å². The highest BCUT2D eigenvalue weighted by molar-refractivity contribution is 5.93. The minimum atomic E-state index is -0.849. The Kier molecular flexibility index (Phi) is 6.78. The highest BCUT2D eigenvalue weighted by Gasteiger charge is 2.11. The number of halogens is 2. The molecule has 0 aliphatic rings. The summed E-state index contributed by atoms with van der Waals surface area (Å²) in [5.74, 6) is -3.64. The van der Waals surface area contributed by atoms with Crippen molar-refractivity contribution in [2.45, 2.75) is 6.42 Å². The number of amides is 2. The van der Waals surface area contributed by atoms with Crippen molar-refractivity contribution in [1.82, 2.24) is 5.32 Å². The second kappa shape index (κ2) is 9.26. The molecule has 0 bridgehead atoms. The van der Waals surface area contributed by atoms with E-state index >= 15 is 0 Å². The maximum atomic E-state index is 13.0. The number of hydrogen-bond donors (Lipinski definition) is 2. The van der Waals surface area contributed by atoms with E-state index in [0.717, 1.165) is 17.7 Å². The molecule has 0 aliphatic heterocycles. The average molecular weight is 362 g/mol. The number of ether oxygens (including phenoxy) is 1. The van der Waals surface area contributed by atoms with Gasteiger partial charge in [-0.25, -0.2) is 8.78 Å². The first-order valence-electron chi connectivity index (χ1n) is 7.64. The van der Waals surface area contributed by atoms with Crippen LogP contribution in [0, 0.1) is 11.6 Å². The standard InChI is InChI=1S/C18H16F2N2O4/c19-13-7-14(20)9-15(8-13)22-17(24)11-26-18(25)10-21-16(23)6-12-4-2-1-3-5-12/h1-5,7-9H,6,10-11H2,(H,21,23)(H,22,24). The minimum Gasteiger partial charge on any atom is -0.454 e. The topological polar surface area (TPSA) is 84.5 Å². The SMILES string of the molecule is O=C(Cc1ccccc1)NCC(=O)OCC(=O)Nc1cc(F)cc(F)c1. The number of benzene rings is 2. The summed E-state index contributed by atoms with van der Waals surface area (Å²) in [5.41, 5.74) is 0.694. The summed E-state index contributed by atoms with van der Waals surface area (Å²) in [4.78, 5) is 34.8. The van der Waals surface area contributed by atoms with Gasteiger partial charge in [-0.3, -0.25) is 14.4 Å². The van der Waals surface area contributed by atoms with Crippen LogP contribution in [0.4, 0.5) is 14.5 Å². The molecule has 0 radical (unpaired) electrons. The van der Waals surface area contributed by atoms with Crippen LogP contribution in [0.1, 0.15) is 5.56 Å². The van der Waals surface area contributed by atoms with Crippen LogP contribution in [0.25, 0.3) is 0 Å². The predicted molar refractivity (Wildman–Crippen MR) is 89.1 cm³/mol. The maximum absolute atomic E-state index is 13.0. The van der Waals surface area contributed by atoms with Gasteiger partial charge in [-0.05, 0) is 17.7 Å². The monoisotopic (exact) mass is 362 g/mol. The van der Waals surface area contributed by atoms with Crippen LogP contribution in [0.2, 0.25) is 0 Å². The van der Waals surface area contributed by atoms with Gasteiger partial charge in [0.1, 0.15) is 18.2 Å². The molecule has 0 atom stereocenters. The Morgan fingerprint density at radius 1 is 0.923 bits per heavy atom. The van der Waals surface area contributed by atoms with Gasteiger partial charge in [-0.15, -0.1) is 0 Å².